The summed E-state index contributed by atoms with van der Waals surface area (Å²) in [6, 6.07) is 25.7. The van der Waals surface area contributed by atoms with Gasteiger partial charge in [-0.3, -0.25) is 0 Å². The zero-order chi connectivity index (χ0) is 27.9. The fourth-order valence-electron chi connectivity index (χ4n) is 7.36. The van der Waals surface area contributed by atoms with Crippen LogP contribution < -0.4 is 9.47 Å². The summed E-state index contributed by atoms with van der Waals surface area (Å²) in [5.41, 5.74) is 3.06. The molecule has 3 aromatic rings. The molecule has 0 N–H and O–H groups in total. The molecule has 1 heterocycles. The summed E-state index contributed by atoms with van der Waals surface area (Å²) in [5.74, 6) is 2.02. The number of ether oxygens (including phenoxy) is 4. The van der Waals surface area contributed by atoms with Gasteiger partial charge in [0.25, 0.3) is 0 Å². The van der Waals surface area contributed by atoms with Crippen molar-refractivity contribution in [1.82, 2.24) is 0 Å². The van der Waals surface area contributed by atoms with Crippen molar-refractivity contribution in [3.05, 3.63) is 94.5 Å². The maximum Gasteiger partial charge on any atom is 0.180 e. The second kappa shape index (κ2) is 10.7. The molecule has 2 bridgehead atoms. The summed E-state index contributed by atoms with van der Waals surface area (Å²) in [6.45, 7) is 7.83. The van der Waals surface area contributed by atoms with Crippen molar-refractivity contribution >= 4 is 11.6 Å². The number of halogens is 1. The van der Waals surface area contributed by atoms with E-state index >= 15 is 0 Å². The molecule has 0 aromatic heterocycles. The summed E-state index contributed by atoms with van der Waals surface area (Å²) in [4.78, 5) is 0. The third-order valence-corrected chi connectivity index (χ3v) is 10.2. The molecular formula is C34H36ClNO4. The van der Waals surface area contributed by atoms with Gasteiger partial charge >= 0.3 is 0 Å². The van der Waals surface area contributed by atoms with Crippen molar-refractivity contribution in [2.45, 2.75) is 71.7 Å². The van der Waals surface area contributed by atoms with Gasteiger partial charge < -0.3 is 18.9 Å². The normalized spacial score (nSPS) is 28.6. The lowest BCUT2D eigenvalue weighted by molar-refractivity contribution is -0.177. The van der Waals surface area contributed by atoms with Crippen LogP contribution >= 0.6 is 11.6 Å². The first-order chi connectivity index (χ1) is 19.3. The Morgan fingerprint density at radius 2 is 1.62 bits per heavy atom. The summed E-state index contributed by atoms with van der Waals surface area (Å²) >= 11 is 6.77. The van der Waals surface area contributed by atoms with Crippen molar-refractivity contribution in [1.29, 1.82) is 5.26 Å². The van der Waals surface area contributed by atoms with Crippen LogP contribution in [0.2, 0.25) is 5.02 Å². The van der Waals surface area contributed by atoms with Crippen LogP contribution in [0.15, 0.2) is 72.8 Å². The maximum absolute atomic E-state index is 10.2. The van der Waals surface area contributed by atoms with E-state index in [1.54, 1.807) is 6.07 Å². The molecule has 0 unspecified atom stereocenters. The number of benzene rings is 3. The van der Waals surface area contributed by atoms with Crippen LogP contribution in [0.5, 0.6) is 11.5 Å². The zero-order valence-electron chi connectivity index (χ0n) is 23.3. The van der Waals surface area contributed by atoms with Gasteiger partial charge in [0.2, 0.25) is 0 Å². The molecule has 6 atom stereocenters. The van der Waals surface area contributed by atoms with Gasteiger partial charge in [0.05, 0.1) is 17.2 Å². The number of fused-ring (bicyclic) bond motifs is 5. The van der Waals surface area contributed by atoms with E-state index in [4.69, 9.17) is 30.5 Å². The third kappa shape index (κ3) is 4.77. The fraction of sp³-hybridized carbons (Fsp3) is 0.441. The summed E-state index contributed by atoms with van der Waals surface area (Å²) in [7, 11) is 0. The van der Waals surface area contributed by atoms with E-state index in [0.29, 0.717) is 47.1 Å². The van der Waals surface area contributed by atoms with Gasteiger partial charge in [0, 0.05) is 12.0 Å². The van der Waals surface area contributed by atoms with Crippen LogP contribution in [-0.2, 0) is 22.7 Å². The second-order valence-electron chi connectivity index (χ2n) is 12.2. The highest BCUT2D eigenvalue weighted by Gasteiger charge is 2.69. The third-order valence-electron chi connectivity index (χ3n) is 9.87. The molecule has 0 amide bonds. The minimum atomic E-state index is -0.845. The number of nitriles is 1. The lowest BCUT2D eigenvalue weighted by atomic mass is 9.70. The van der Waals surface area contributed by atoms with Gasteiger partial charge in [-0.2, -0.15) is 5.26 Å². The molecule has 0 radical (unpaired) electrons. The van der Waals surface area contributed by atoms with Crippen molar-refractivity contribution < 1.29 is 18.9 Å². The van der Waals surface area contributed by atoms with Crippen LogP contribution in [0.1, 0.15) is 62.8 Å². The van der Waals surface area contributed by atoms with Gasteiger partial charge in [-0.05, 0) is 58.8 Å². The Kier molecular flexibility index (Phi) is 7.29. The van der Waals surface area contributed by atoms with Crippen LogP contribution in [-0.4, -0.2) is 12.4 Å². The van der Waals surface area contributed by atoms with Crippen molar-refractivity contribution in [2.75, 3.05) is 0 Å². The molecule has 3 fully saturated rings. The van der Waals surface area contributed by atoms with Gasteiger partial charge in [-0.15, -0.1) is 0 Å². The average Bonchev–Trinajstić information content (AvgIpc) is 3.53. The van der Waals surface area contributed by atoms with Crippen molar-refractivity contribution in [3.8, 4) is 17.6 Å². The highest BCUT2D eigenvalue weighted by molar-refractivity contribution is 6.32. The Balaban J connectivity index is 1.22. The largest absolute Gasteiger partial charge is 0.485 e. The second-order valence-corrected chi connectivity index (χ2v) is 12.6. The molecule has 5 nitrogen and oxygen atoms in total. The number of hydrogen-bond acceptors (Lipinski definition) is 5. The van der Waals surface area contributed by atoms with E-state index < -0.39 is 12.4 Å². The SMILES string of the molecule is CC1(C)[C@@H]2CC[C@@]1(C)[C@@H]1O[C@@H](O[C@H](C#N)c3cc(Cl)c(OCc4ccccc4)c(OCc4ccccc4)c3)C[C@H]21. The molecule has 1 saturated heterocycles. The monoisotopic (exact) mass is 557 g/mol. The zero-order valence-corrected chi connectivity index (χ0v) is 24.1. The van der Waals surface area contributed by atoms with E-state index in [-0.39, 0.29) is 16.9 Å². The fourth-order valence-corrected chi connectivity index (χ4v) is 7.63. The topological polar surface area (TPSA) is 60.7 Å². The molecule has 3 aliphatic rings. The van der Waals surface area contributed by atoms with E-state index in [2.05, 4.69) is 26.8 Å². The van der Waals surface area contributed by atoms with Gasteiger partial charge in [-0.1, -0.05) is 93.0 Å². The molecule has 2 saturated carbocycles. The quantitative estimate of drug-likeness (QED) is 0.265. The Hall–Kier alpha value is -3.04. The minimum absolute atomic E-state index is 0.141. The standard InChI is InChI=1S/C34H36ClNO4/c1-33(2)26-14-15-34(33,3)32-25(26)18-30(40-32)39-29(19-36)24-16-27(35)31(38-21-23-12-8-5-9-13-23)28(17-24)37-20-22-10-6-4-7-11-22/h4-13,16-17,25-26,29-30,32H,14-15,18,20-21H2,1-3H3/t25-,26-,29-,30-,32-,34+/m1/s1. The highest BCUT2D eigenvalue weighted by atomic mass is 35.5. The highest BCUT2D eigenvalue weighted by Crippen LogP contribution is 2.71. The molecule has 208 valence electrons. The van der Waals surface area contributed by atoms with Crippen molar-refractivity contribution in [2.24, 2.45) is 22.7 Å². The predicted molar refractivity (Wildman–Crippen MR) is 154 cm³/mol. The number of rotatable bonds is 9. The van der Waals surface area contributed by atoms with Crippen LogP contribution in [0.25, 0.3) is 0 Å². The molecular weight excluding hydrogens is 522 g/mol. The Bertz CT molecular complexity index is 1390. The Morgan fingerprint density at radius 3 is 2.25 bits per heavy atom. The van der Waals surface area contributed by atoms with Gasteiger partial charge in [0.15, 0.2) is 23.9 Å². The predicted octanol–water partition coefficient (Wildman–Crippen LogP) is 8.27. The van der Waals surface area contributed by atoms with Gasteiger partial charge in [-0.25, -0.2) is 0 Å². The summed E-state index contributed by atoms with van der Waals surface area (Å²) in [6.07, 6.45) is 2.15. The molecule has 40 heavy (non-hydrogen) atoms. The smallest absolute Gasteiger partial charge is 0.180 e. The maximum atomic E-state index is 10.2. The van der Waals surface area contributed by atoms with Crippen LogP contribution in [0, 0.1) is 34.0 Å². The minimum Gasteiger partial charge on any atom is -0.485 e. The lowest BCUT2D eigenvalue weighted by Gasteiger charge is -2.38. The Labute approximate surface area is 242 Å². The van der Waals surface area contributed by atoms with E-state index in [1.165, 1.54) is 12.8 Å². The van der Waals surface area contributed by atoms with Crippen molar-refractivity contribution in [3.63, 3.8) is 0 Å². The first kappa shape index (κ1) is 27.1. The molecule has 6 heteroatoms. The lowest BCUT2D eigenvalue weighted by Crippen LogP contribution is -2.38. The summed E-state index contributed by atoms with van der Waals surface area (Å²) < 4.78 is 25.2. The summed E-state index contributed by atoms with van der Waals surface area (Å²) in [5, 5.41) is 10.5. The molecule has 1 aliphatic heterocycles. The van der Waals surface area contributed by atoms with E-state index in [1.807, 2.05) is 66.7 Å². The van der Waals surface area contributed by atoms with Crippen LogP contribution in [0.4, 0.5) is 0 Å². The van der Waals surface area contributed by atoms with E-state index in [9.17, 15) is 5.26 Å². The average molecular weight is 558 g/mol. The molecule has 6 rings (SSSR count). The first-order valence-corrected chi connectivity index (χ1v) is 14.6. The molecule has 2 aliphatic carbocycles. The molecule has 3 aromatic carbocycles. The molecule has 0 spiro atoms. The van der Waals surface area contributed by atoms with E-state index in [0.717, 1.165) is 17.5 Å². The van der Waals surface area contributed by atoms with Gasteiger partial charge in [0.1, 0.15) is 13.2 Å². The number of hydrogen-bond donors (Lipinski definition) is 0. The first-order valence-electron chi connectivity index (χ1n) is 14.2. The number of nitrogens with zero attached hydrogens (tertiary/aromatic N) is 1. The Morgan fingerprint density at radius 1 is 0.975 bits per heavy atom. The van der Waals surface area contributed by atoms with Crippen LogP contribution in [0.3, 0.4) is 0 Å².